The van der Waals surface area contributed by atoms with Crippen molar-refractivity contribution < 1.29 is 13.9 Å². The molecule has 1 aliphatic heterocycles. The molecule has 3 rings (SSSR count). The molecule has 0 bridgehead atoms. The van der Waals surface area contributed by atoms with Gasteiger partial charge in [0.25, 0.3) is 0 Å². The van der Waals surface area contributed by atoms with Crippen LogP contribution >= 0.6 is 0 Å². The van der Waals surface area contributed by atoms with Crippen molar-refractivity contribution in [2.75, 3.05) is 32.1 Å². The first-order chi connectivity index (χ1) is 12.2. The van der Waals surface area contributed by atoms with E-state index < -0.39 is 5.97 Å². The van der Waals surface area contributed by atoms with E-state index in [4.69, 9.17) is 4.42 Å². The largest absolute Gasteiger partial charge is 0.463 e. The molecule has 5 heteroatoms. The molecule has 0 atom stereocenters. The number of esters is 1. The molecule has 0 spiro atoms. The molecule has 0 radical (unpaired) electrons. The maximum Gasteiger partial charge on any atom is 0.373 e. The van der Waals surface area contributed by atoms with Crippen LogP contribution in [0.4, 0.5) is 5.69 Å². The number of carbonyl (C=O) groups excluding carboxylic acids is 1. The van der Waals surface area contributed by atoms with Gasteiger partial charge in [-0.15, -0.1) is 0 Å². The van der Waals surface area contributed by atoms with E-state index in [0.717, 1.165) is 12.3 Å². The molecular formula is C20H26N2O3. The number of benzene rings is 1. The van der Waals surface area contributed by atoms with Gasteiger partial charge in [0.1, 0.15) is 5.76 Å². The van der Waals surface area contributed by atoms with E-state index >= 15 is 0 Å². The SMILES string of the molecule is COC(=O)c1ccc(CN(C)Cc2ccc(N3CCCCC3)cc2)o1. The van der Waals surface area contributed by atoms with E-state index in [0.29, 0.717) is 6.54 Å². The Bertz CT molecular complexity index is 687. The molecule has 0 aliphatic carbocycles. The number of rotatable bonds is 6. The van der Waals surface area contributed by atoms with E-state index in [1.807, 2.05) is 13.1 Å². The Labute approximate surface area is 149 Å². The van der Waals surface area contributed by atoms with Gasteiger partial charge < -0.3 is 14.1 Å². The third-order valence-electron chi connectivity index (χ3n) is 4.58. The van der Waals surface area contributed by atoms with Gasteiger partial charge in [-0.05, 0) is 56.1 Å². The summed E-state index contributed by atoms with van der Waals surface area (Å²) in [4.78, 5) is 16.1. The fraction of sp³-hybridized carbons (Fsp3) is 0.450. The molecule has 1 saturated heterocycles. The number of methoxy groups -OCH3 is 1. The van der Waals surface area contributed by atoms with Crippen molar-refractivity contribution in [1.29, 1.82) is 0 Å². The second kappa shape index (κ2) is 8.21. The molecule has 25 heavy (non-hydrogen) atoms. The zero-order valence-corrected chi connectivity index (χ0v) is 15.0. The summed E-state index contributed by atoms with van der Waals surface area (Å²) >= 11 is 0. The fourth-order valence-electron chi connectivity index (χ4n) is 3.27. The van der Waals surface area contributed by atoms with Crippen LogP contribution in [0.2, 0.25) is 0 Å². The van der Waals surface area contributed by atoms with Gasteiger partial charge in [0.15, 0.2) is 0 Å². The number of carbonyl (C=O) groups is 1. The number of piperidine rings is 1. The summed E-state index contributed by atoms with van der Waals surface area (Å²) in [6, 6.07) is 12.3. The van der Waals surface area contributed by atoms with E-state index in [1.54, 1.807) is 6.07 Å². The minimum absolute atomic E-state index is 0.247. The van der Waals surface area contributed by atoms with Gasteiger partial charge in [-0.3, -0.25) is 4.90 Å². The molecule has 2 aromatic rings. The highest BCUT2D eigenvalue weighted by atomic mass is 16.5. The molecule has 2 heterocycles. The zero-order chi connectivity index (χ0) is 17.6. The van der Waals surface area contributed by atoms with Gasteiger partial charge in [0, 0.05) is 25.3 Å². The van der Waals surface area contributed by atoms with E-state index in [2.05, 4.69) is 38.8 Å². The van der Waals surface area contributed by atoms with Crippen molar-refractivity contribution in [1.82, 2.24) is 4.90 Å². The van der Waals surface area contributed by atoms with Crippen molar-refractivity contribution in [3.63, 3.8) is 0 Å². The van der Waals surface area contributed by atoms with Gasteiger partial charge in [-0.25, -0.2) is 4.79 Å². The maximum absolute atomic E-state index is 11.4. The molecule has 0 amide bonds. The smallest absolute Gasteiger partial charge is 0.373 e. The van der Waals surface area contributed by atoms with Crippen LogP contribution < -0.4 is 4.90 Å². The zero-order valence-electron chi connectivity index (χ0n) is 15.0. The number of hydrogen-bond acceptors (Lipinski definition) is 5. The first-order valence-electron chi connectivity index (χ1n) is 8.85. The Kier molecular flexibility index (Phi) is 5.76. The topological polar surface area (TPSA) is 45.9 Å². The fourth-order valence-corrected chi connectivity index (χ4v) is 3.27. The first-order valence-corrected chi connectivity index (χ1v) is 8.85. The lowest BCUT2D eigenvalue weighted by molar-refractivity contribution is 0.0561. The minimum Gasteiger partial charge on any atom is -0.463 e. The van der Waals surface area contributed by atoms with Crippen LogP contribution in [-0.2, 0) is 17.8 Å². The van der Waals surface area contributed by atoms with Gasteiger partial charge in [-0.1, -0.05) is 12.1 Å². The monoisotopic (exact) mass is 342 g/mol. The Morgan fingerprint density at radius 3 is 2.48 bits per heavy atom. The van der Waals surface area contributed by atoms with Crippen LogP contribution in [0.5, 0.6) is 0 Å². The van der Waals surface area contributed by atoms with Crippen molar-refractivity contribution in [3.05, 3.63) is 53.5 Å². The molecular weight excluding hydrogens is 316 g/mol. The van der Waals surface area contributed by atoms with E-state index in [1.165, 1.54) is 50.7 Å². The van der Waals surface area contributed by atoms with Crippen LogP contribution in [0.15, 0.2) is 40.8 Å². The Hall–Kier alpha value is -2.27. The third kappa shape index (κ3) is 4.63. The highest BCUT2D eigenvalue weighted by Crippen LogP contribution is 2.21. The summed E-state index contributed by atoms with van der Waals surface area (Å²) < 4.78 is 10.2. The van der Waals surface area contributed by atoms with Gasteiger partial charge in [0.05, 0.1) is 13.7 Å². The van der Waals surface area contributed by atoms with Crippen molar-refractivity contribution in [2.45, 2.75) is 32.4 Å². The molecule has 0 unspecified atom stereocenters. The van der Waals surface area contributed by atoms with E-state index in [9.17, 15) is 4.79 Å². The standard InChI is InChI=1S/C20H26N2O3/c1-21(15-18-10-11-19(25-18)20(23)24-2)14-16-6-8-17(9-7-16)22-12-4-3-5-13-22/h6-11H,3-5,12-15H2,1-2H3. The number of ether oxygens (including phenoxy) is 1. The van der Waals surface area contributed by atoms with Crippen molar-refractivity contribution in [2.24, 2.45) is 0 Å². The summed E-state index contributed by atoms with van der Waals surface area (Å²) in [6.45, 7) is 3.81. The lowest BCUT2D eigenvalue weighted by atomic mass is 10.1. The maximum atomic E-state index is 11.4. The average Bonchev–Trinajstić information content (AvgIpc) is 3.10. The Balaban J connectivity index is 1.54. The van der Waals surface area contributed by atoms with E-state index in [-0.39, 0.29) is 5.76 Å². The minimum atomic E-state index is -0.442. The Morgan fingerprint density at radius 2 is 1.80 bits per heavy atom. The van der Waals surface area contributed by atoms with Crippen LogP contribution in [0, 0.1) is 0 Å². The Morgan fingerprint density at radius 1 is 1.08 bits per heavy atom. The summed E-state index contributed by atoms with van der Waals surface area (Å²) in [5.41, 5.74) is 2.59. The number of nitrogens with zero attached hydrogens (tertiary/aromatic N) is 2. The lowest BCUT2D eigenvalue weighted by Gasteiger charge is -2.29. The van der Waals surface area contributed by atoms with Crippen LogP contribution in [-0.4, -0.2) is 38.1 Å². The number of furan rings is 1. The molecule has 1 aliphatic rings. The highest BCUT2D eigenvalue weighted by molar-refractivity contribution is 5.86. The molecule has 134 valence electrons. The normalized spacial score (nSPS) is 14.8. The summed E-state index contributed by atoms with van der Waals surface area (Å²) in [5.74, 6) is 0.562. The quantitative estimate of drug-likeness (QED) is 0.749. The first kappa shape index (κ1) is 17.5. The second-order valence-electron chi connectivity index (χ2n) is 6.64. The average molecular weight is 342 g/mol. The van der Waals surface area contributed by atoms with Crippen molar-refractivity contribution >= 4 is 11.7 Å². The number of hydrogen-bond donors (Lipinski definition) is 0. The van der Waals surface area contributed by atoms with Gasteiger partial charge in [-0.2, -0.15) is 0 Å². The van der Waals surface area contributed by atoms with Crippen LogP contribution in [0.3, 0.4) is 0 Å². The molecule has 1 aromatic carbocycles. The predicted octanol–water partition coefficient (Wildman–Crippen LogP) is 3.69. The second-order valence-corrected chi connectivity index (χ2v) is 6.64. The van der Waals surface area contributed by atoms with Gasteiger partial charge >= 0.3 is 5.97 Å². The molecule has 1 aromatic heterocycles. The molecule has 0 saturated carbocycles. The van der Waals surface area contributed by atoms with Crippen LogP contribution in [0.1, 0.15) is 41.1 Å². The van der Waals surface area contributed by atoms with Crippen LogP contribution in [0.25, 0.3) is 0 Å². The number of anilines is 1. The molecule has 1 fully saturated rings. The highest BCUT2D eigenvalue weighted by Gasteiger charge is 2.13. The predicted molar refractivity (Wildman–Crippen MR) is 97.7 cm³/mol. The summed E-state index contributed by atoms with van der Waals surface area (Å²) in [7, 11) is 3.39. The van der Waals surface area contributed by atoms with Gasteiger partial charge in [0.2, 0.25) is 5.76 Å². The summed E-state index contributed by atoms with van der Waals surface area (Å²) in [6.07, 6.45) is 3.94. The third-order valence-corrected chi connectivity index (χ3v) is 4.58. The van der Waals surface area contributed by atoms with Crippen molar-refractivity contribution in [3.8, 4) is 0 Å². The lowest BCUT2D eigenvalue weighted by Crippen LogP contribution is -2.29. The molecule has 5 nitrogen and oxygen atoms in total. The summed E-state index contributed by atoms with van der Waals surface area (Å²) in [5, 5.41) is 0. The molecule has 0 N–H and O–H groups in total.